The van der Waals surface area contributed by atoms with Crippen molar-refractivity contribution in [3.63, 3.8) is 0 Å². The van der Waals surface area contributed by atoms with Gasteiger partial charge in [-0.3, -0.25) is 9.59 Å². The highest BCUT2D eigenvalue weighted by molar-refractivity contribution is 5.97. The summed E-state index contributed by atoms with van der Waals surface area (Å²) < 4.78 is 0. The van der Waals surface area contributed by atoms with Crippen LogP contribution in [0.1, 0.15) is 44.5 Å². The van der Waals surface area contributed by atoms with Crippen LogP contribution < -0.4 is 16.4 Å². The molecule has 23 heavy (non-hydrogen) atoms. The first-order valence-corrected chi connectivity index (χ1v) is 8.20. The second-order valence-electron chi connectivity index (χ2n) is 7.12. The first kappa shape index (κ1) is 17.5. The zero-order chi connectivity index (χ0) is 17.2. The number of carbonyl (C=O) groups excluding carboxylic acids is 2. The molecular weight excluding hydrogens is 290 g/mol. The number of hydrogen-bond donors (Lipinski definition) is 3. The molecule has 5 heteroatoms. The highest BCUT2D eigenvalue weighted by Gasteiger charge is 2.39. The number of benzene rings is 1. The summed E-state index contributed by atoms with van der Waals surface area (Å²) in [5.41, 5.74) is 6.64. The minimum Gasteiger partial charge on any atom is -0.345 e. The first-order valence-electron chi connectivity index (χ1n) is 8.20. The minimum atomic E-state index is -0.438. The molecule has 1 aliphatic carbocycles. The van der Waals surface area contributed by atoms with E-state index in [-0.39, 0.29) is 23.7 Å². The van der Waals surface area contributed by atoms with Crippen molar-refractivity contribution in [1.29, 1.82) is 0 Å². The lowest BCUT2D eigenvalue weighted by Gasteiger charge is -2.33. The summed E-state index contributed by atoms with van der Waals surface area (Å²) in [6.07, 6.45) is 0.958. The lowest BCUT2D eigenvalue weighted by Crippen LogP contribution is -2.55. The molecule has 2 amide bonds. The fourth-order valence-electron chi connectivity index (χ4n) is 2.39. The van der Waals surface area contributed by atoms with Crippen molar-refractivity contribution in [3.8, 4) is 0 Å². The Morgan fingerprint density at radius 3 is 2.30 bits per heavy atom. The van der Waals surface area contributed by atoms with E-state index < -0.39 is 5.54 Å². The number of nitrogens with one attached hydrogen (secondary N) is 2. The average molecular weight is 317 g/mol. The third kappa shape index (κ3) is 4.10. The Bertz CT molecular complexity index is 582. The molecule has 126 valence electrons. The Labute approximate surface area is 138 Å². The zero-order valence-electron chi connectivity index (χ0n) is 14.3. The molecular formula is C18H27N3O2. The van der Waals surface area contributed by atoms with Gasteiger partial charge >= 0.3 is 0 Å². The summed E-state index contributed by atoms with van der Waals surface area (Å²) in [4.78, 5) is 24.3. The van der Waals surface area contributed by atoms with Crippen LogP contribution >= 0.6 is 0 Å². The maximum absolute atomic E-state index is 12.4. The van der Waals surface area contributed by atoms with Crippen LogP contribution in [-0.4, -0.2) is 23.9 Å². The summed E-state index contributed by atoms with van der Waals surface area (Å²) in [7, 11) is 0. The van der Waals surface area contributed by atoms with Gasteiger partial charge in [0.15, 0.2) is 0 Å². The van der Waals surface area contributed by atoms with Gasteiger partial charge in [0, 0.05) is 23.7 Å². The minimum absolute atomic E-state index is 0.0604. The van der Waals surface area contributed by atoms with Crippen molar-refractivity contribution in [2.45, 2.75) is 39.7 Å². The molecule has 1 aromatic carbocycles. The standard InChI is InChI=1S/C18H27N3O2/c1-11(2)18(4,10-19)21-16(22)13-5-7-14(8-6-13)20-17(23)15-9-12(15)3/h5-8,11-12,15H,9-10,19H2,1-4H3,(H,20,23)(H,21,22). The summed E-state index contributed by atoms with van der Waals surface area (Å²) in [5, 5.41) is 5.89. The largest absolute Gasteiger partial charge is 0.345 e. The predicted octanol–water partition coefficient (Wildman–Crippen LogP) is 2.38. The second kappa shape index (κ2) is 6.71. The van der Waals surface area contributed by atoms with Gasteiger partial charge in [-0.1, -0.05) is 20.8 Å². The number of carbonyl (C=O) groups is 2. The highest BCUT2D eigenvalue weighted by Crippen LogP contribution is 2.38. The van der Waals surface area contributed by atoms with Gasteiger partial charge in [0.05, 0.1) is 5.54 Å². The van der Waals surface area contributed by atoms with E-state index in [1.165, 1.54) is 0 Å². The molecule has 1 aliphatic rings. The molecule has 1 saturated carbocycles. The summed E-state index contributed by atoms with van der Waals surface area (Å²) in [5.74, 6) is 0.750. The molecule has 4 N–H and O–H groups in total. The maximum atomic E-state index is 12.4. The molecule has 2 rings (SSSR count). The van der Waals surface area contributed by atoms with E-state index in [1.54, 1.807) is 24.3 Å². The van der Waals surface area contributed by atoms with Gasteiger partial charge in [0.2, 0.25) is 5.91 Å². The van der Waals surface area contributed by atoms with E-state index in [4.69, 9.17) is 5.73 Å². The number of hydrogen-bond acceptors (Lipinski definition) is 3. The van der Waals surface area contributed by atoms with E-state index in [9.17, 15) is 9.59 Å². The number of rotatable bonds is 6. The molecule has 0 spiro atoms. The molecule has 0 saturated heterocycles. The molecule has 0 radical (unpaired) electrons. The van der Waals surface area contributed by atoms with E-state index in [0.29, 0.717) is 18.0 Å². The molecule has 0 aromatic heterocycles. The van der Waals surface area contributed by atoms with E-state index in [1.807, 2.05) is 20.8 Å². The van der Waals surface area contributed by atoms with Gasteiger partial charge in [0.1, 0.15) is 0 Å². The summed E-state index contributed by atoms with van der Waals surface area (Å²) in [6.45, 7) is 8.46. The molecule has 3 atom stereocenters. The molecule has 0 heterocycles. The molecule has 5 nitrogen and oxygen atoms in total. The maximum Gasteiger partial charge on any atom is 0.251 e. The van der Waals surface area contributed by atoms with Crippen molar-refractivity contribution in [3.05, 3.63) is 29.8 Å². The Morgan fingerprint density at radius 1 is 1.30 bits per heavy atom. The van der Waals surface area contributed by atoms with Crippen molar-refractivity contribution < 1.29 is 9.59 Å². The van der Waals surface area contributed by atoms with Gasteiger partial charge in [-0.05, 0) is 49.4 Å². The van der Waals surface area contributed by atoms with Crippen molar-refractivity contribution in [1.82, 2.24) is 5.32 Å². The number of amides is 2. The second-order valence-corrected chi connectivity index (χ2v) is 7.12. The monoisotopic (exact) mass is 317 g/mol. The van der Waals surface area contributed by atoms with Crippen LogP contribution in [0.15, 0.2) is 24.3 Å². The highest BCUT2D eigenvalue weighted by atomic mass is 16.2. The van der Waals surface area contributed by atoms with Crippen molar-refractivity contribution in [2.24, 2.45) is 23.5 Å². The van der Waals surface area contributed by atoms with Crippen molar-refractivity contribution >= 4 is 17.5 Å². The fourth-order valence-corrected chi connectivity index (χ4v) is 2.39. The number of anilines is 1. The lowest BCUT2D eigenvalue weighted by atomic mass is 9.88. The third-order valence-electron chi connectivity index (χ3n) is 4.96. The summed E-state index contributed by atoms with van der Waals surface area (Å²) in [6, 6.07) is 6.96. The van der Waals surface area contributed by atoms with E-state index in [0.717, 1.165) is 12.1 Å². The van der Waals surface area contributed by atoms with Crippen LogP contribution in [0.2, 0.25) is 0 Å². The Hall–Kier alpha value is -1.88. The van der Waals surface area contributed by atoms with Gasteiger partial charge in [-0.25, -0.2) is 0 Å². The van der Waals surface area contributed by atoms with Crippen LogP contribution in [0, 0.1) is 17.8 Å². The van der Waals surface area contributed by atoms with Gasteiger partial charge in [-0.2, -0.15) is 0 Å². The smallest absolute Gasteiger partial charge is 0.251 e. The fraction of sp³-hybridized carbons (Fsp3) is 0.556. The molecule has 1 fully saturated rings. The SMILES string of the molecule is CC1CC1C(=O)Nc1ccc(C(=O)NC(C)(CN)C(C)C)cc1. The average Bonchev–Trinajstić information content (AvgIpc) is 3.24. The summed E-state index contributed by atoms with van der Waals surface area (Å²) >= 11 is 0. The van der Waals surface area contributed by atoms with Gasteiger partial charge < -0.3 is 16.4 Å². The molecule has 1 aromatic rings. The normalized spacial score (nSPS) is 22.3. The molecule has 3 unspecified atom stereocenters. The van der Waals surface area contributed by atoms with Crippen LogP contribution in [0.4, 0.5) is 5.69 Å². The molecule has 0 aliphatic heterocycles. The zero-order valence-corrected chi connectivity index (χ0v) is 14.3. The molecule has 0 bridgehead atoms. The van der Waals surface area contributed by atoms with Gasteiger partial charge in [0.25, 0.3) is 5.91 Å². The van der Waals surface area contributed by atoms with Crippen LogP contribution in [0.25, 0.3) is 0 Å². The Kier molecular flexibility index (Phi) is 5.09. The Balaban J connectivity index is 1.98. The lowest BCUT2D eigenvalue weighted by molar-refractivity contribution is -0.117. The van der Waals surface area contributed by atoms with Crippen LogP contribution in [0.5, 0.6) is 0 Å². The van der Waals surface area contributed by atoms with E-state index >= 15 is 0 Å². The predicted molar refractivity (Wildman–Crippen MR) is 92.1 cm³/mol. The number of nitrogens with two attached hydrogens (primary N) is 1. The third-order valence-corrected chi connectivity index (χ3v) is 4.96. The Morgan fingerprint density at radius 2 is 1.87 bits per heavy atom. The van der Waals surface area contributed by atoms with Crippen LogP contribution in [0.3, 0.4) is 0 Å². The topological polar surface area (TPSA) is 84.2 Å². The van der Waals surface area contributed by atoms with Crippen molar-refractivity contribution in [2.75, 3.05) is 11.9 Å². The van der Waals surface area contributed by atoms with Gasteiger partial charge in [-0.15, -0.1) is 0 Å². The first-order chi connectivity index (χ1) is 10.8. The van der Waals surface area contributed by atoms with E-state index in [2.05, 4.69) is 17.6 Å². The quantitative estimate of drug-likeness (QED) is 0.753. The van der Waals surface area contributed by atoms with Crippen LogP contribution in [-0.2, 0) is 4.79 Å².